The first-order chi connectivity index (χ1) is 13.3. The van der Waals surface area contributed by atoms with Gasteiger partial charge in [-0.3, -0.25) is 4.79 Å². The lowest BCUT2D eigenvalue weighted by molar-refractivity contribution is -0.117. The maximum Gasteiger partial charge on any atom is 0.243 e. The molecule has 2 aromatic rings. The molecule has 28 heavy (non-hydrogen) atoms. The van der Waals surface area contributed by atoms with Gasteiger partial charge in [-0.25, -0.2) is 17.2 Å². The molecule has 1 aliphatic rings. The molecular formula is C19H19ClF2N2O3S. The van der Waals surface area contributed by atoms with Crippen LogP contribution < -0.4 is 5.32 Å². The summed E-state index contributed by atoms with van der Waals surface area (Å²) in [5.74, 6) is -2.54. The zero-order chi connectivity index (χ0) is 20.3. The number of hydrogen-bond donors (Lipinski definition) is 1. The molecule has 1 atom stereocenters. The lowest BCUT2D eigenvalue weighted by Gasteiger charge is -2.34. The Hall–Kier alpha value is -2.03. The molecular weight excluding hydrogens is 410 g/mol. The summed E-state index contributed by atoms with van der Waals surface area (Å²) in [5, 5.41) is 2.92. The van der Waals surface area contributed by atoms with Crippen molar-refractivity contribution in [2.24, 2.45) is 0 Å². The minimum Gasteiger partial charge on any atom is -0.326 e. The van der Waals surface area contributed by atoms with Gasteiger partial charge in [-0.05, 0) is 49.2 Å². The fraction of sp³-hybridized carbons (Fsp3) is 0.316. The van der Waals surface area contributed by atoms with Gasteiger partial charge in [0, 0.05) is 35.8 Å². The molecule has 1 amide bonds. The zero-order valence-electron chi connectivity index (χ0n) is 14.9. The van der Waals surface area contributed by atoms with Gasteiger partial charge >= 0.3 is 0 Å². The Morgan fingerprint density at radius 1 is 1.11 bits per heavy atom. The van der Waals surface area contributed by atoms with Crippen molar-refractivity contribution in [3.05, 3.63) is 59.1 Å². The molecule has 0 aromatic heterocycles. The van der Waals surface area contributed by atoms with Crippen LogP contribution in [0.1, 0.15) is 25.7 Å². The van der Waals surface area contributed by atoms with Crippen LogP contribution in [0.15, 0.2) is 47.4 Å². The number of nitrogens with one attached hydrogen (secondary N) is 1. The third-order valence-electron chi connectivity index (χ3n) is 4.62. The first-order valence-electron chi connectivity index (χ1n) is 8.79. The fourth-order valence-corrected chi connectivity index (χ4v) is 5.06. The van der Waals surface area contributed by atoms with Gasteiger partial charge in [0.15, 0.2) is 11.6 Å². The summed E-state index contributed by atoms with van der Waals surface area (Å²) in [4.78, 5) is 12.5. The van der Waals surface area contributed by atoms with E-state index in [0.717, 1.165) is 18.6 Å². The topological polar surface area (TPSA) is 66.5 Å². The van der Waals surface area contributed by atoms with Gasteiger partial charge < -0.3 is 5.32 Å². The number of carbonyl (C=O) groups is 1. The van der Waals surface area contributed by atoms with E-state index in [1.807, 2.05) is 0 Å². The number of sulfonamides is 1. The Bertz CT molecular complexity index is 968. The van der Waals surface area contributed by atoms with E-state index in [1.54, 1.807) is 0 Å². The molecule has 9 heteroatoms. The summed E-state index contributed by atoms with van der Waals surface area (Å²) in [5.41, 5.74) is 0.117. The minimum absolute atomic E-state index is 0.0776. The standard InChI is InChI=1S/C19H19ClF2N2O3S/c20-13-4-7-16(8-5-13)28(26,27)24-10-2-1-3-15(24)12-19(25)23-14-6-9-17(21)18(22)11-14/h4-9,11,15H,1-3,10,12H2,(H,23,25)/t15-/m1/s1. The molecule has 3 rings (SSSR count). The van der Waals surface area contributed by atoms with Gasteiger partial charge in [-0.2, -0.15) is 4.31 Å². The summed E-state index contributed by atoms with van der Waals surface area (Å²) in [7, 11) is -3.77. The van der Waals surface area contributed by atoms with Crippen molar-refractivity contribution in [3.63, 3.8) is 0 Å². The number of piperidine rings is 1. The lowest BCUT2D eigenvalue weighted by atomic mass is 10.0. The van der Waals surface area contributed by atoms with Crippen LogP contribution in [0.25, 0.3) is 0 Å². The van der Waals surface area contributed by atoms with Crippen molar-refractivity contribution in [3.8, 4) is 0 Å². The minimum atomic E-state index is -3.77. The quantitative estimate of drug-likeness (QED) is 0.776. The number of hydrogen-bond acceptors (Lipinski definition) is 3. The number of nitrogens with zero attached hydrogens (tertiary/aromatic N) is 1. The molecule has 0 radical (unpaired) electrons. The number of benzene rings is 2. The Labute approximate surface area is 167 Å². The zero-order valence-corrected chi connectivity index (χ0v) is 16.4. The van der Waals surface area contributed by atoms with Gasteiger partial charge in [0.1, 0.15) is 0 Å². The molecule has 1 fully saturated rings. The van der Waals surface area contributed by atoms with Gasteiger partial charge in [0.25, 0.3) is 0 Å². The van der Waals surface area contributed by atoms with Crippen LogP contribution in [0.4, 0.5) is 14.5 Å². The average molecular weight is 429 g/mol. The number of halogens is 3. The van der Waals surface area contributed by atoms with Crippen molar-refractivity contribution in [2.75, 3.05) is 11.9 Å². The Morgan fingerprint density at radius 2 is 1.82 bits per heavy atom. The van der Waals surface area contributed by atoms with Crippen molar-refractivity contribution in [1.29, 1.82) is 0 Å². The molecule has 5 nitrogen and oxygen atoms in total. The van der Waals surface area contributed by atoms with Crippen LogP contribution in [0.5, 0.6) is 0 Å². The van der Waals surface area contributed by atoms with E-state index in [2.05, 4.69) is 5.32 Å². The Morgan fingerprint density at radius 3 is 2.50 bits per heavy atom. The summed E-state index contributed by atoms with van der Waals surface area (Å²) < 4.78 is 53.6. The van der Waals surface area contributed by atoms with Crippen LogP contribution in [0.2, 0.25) is 5.02 Å². The molecule has 150 valence electrons. The summed E-state index contributed by atoms with van der Waals surface area (Å²) in [6.45, 7) is 0.314. The van der Waals surface area contributed by atoms with Crippen LogP contribution in [-0.4, -0.2) is 31.2 Å². The van der Waals surface area contributed by atoms with Crippen LogP contribution >= 0.6 is 11.6 Å². The van der Waals surface area contributed by atoms with E-state index in [1.165, 1.54) is 34.6 Å². The second-order valence-electron chi connectivity index (χ2n) is 6.60. The van der Waals surface area contributed by atoms with Crippen molar-refractivity contribution in [1.82, 2.24) is 4.31 Å². The number of anilines is 1. The second kappa shape index (κ2) is 8.55. The second-order valence-corrected chi connectivity index (χ2v) is 8.93. The summed E-state index contributed by atoms with van der Waals surface area (Å²) >= 11 is 5.83. The van der Waals surface area contributed by atoms with Crippen molar-refractivity contribution in [2.45, 2.75) is 36.6 Å². The van der Waals surface area contributed by atoms with Crippen LogP contribution in [0, 0.1) is 11.6 Å². The maximum atomic E-state index is 13.3. The van der Waals surface area contributed by atoms with Crippen LogP contribution in [-0.2, 0) is 14.8 Å². The number of amides is 1. The van der Waals surface area contributed by atoms with E-state index >= 15 is 0 Å². The monoisotopic (exact) mass is 428 g/mol. The molecule has 1 aliphatic heterocycles. The number of rotatable bonds is 5. The molecule has 0 saturated carbocycles. The molecule has 0 spiro atoms. The average Bonchev–Trinajstić information content (AvgIpc) is 2.65. The molecule has 2 aromatic carbocycles. The Balaban J connectivity index is 1.74. The maximum absolute atomic E-state index is 13.3. The van der Waals surface area contributed by atoms with Gasteiger partial charge in [-0.15, -0.1) is 0 Å². The van der Waals surface area contributed by atoms with Gasteiger partial charge in [-0.1, -0.05) is 18.0 Å². The first kappa shape index (κ1) is 20.7. The SMILES string of the molecule is O=C(C[C@H]1CCCCN1S(=O)(=O)c1ccc(Cl)cc1)Nc1ccc(F)c(F)c1. The Kier molecular flexibility index (Phi) is 6.32. The summed E-state index contributed by atoms with van der Waals surface area (Å²) in [6, 6.07) is 8.42. The first-order valence-corrected chi connectivity index (χ1v) is 10.6. The molecule has 0 aliphatic carbocycles. The third kappa shape index (κ3) is 4.68. The van der Waals surface area contributed by atoms with E-state index in [-0.39, 0.29) is 17.0 Å². The highest BCUT2D eigenvalue weighted by Gasteiger charge is 2.34. The smallest absolute Gasteiger partial charge is 0.243 e. The molecule has 1 N–H and O–H groups in total. The molecule has 0 unspecified atom stereocenters. The normalized spacial score (nSPS) is 18.0. The van der Waals surface area contributed by atoms with Crippen molar-refractivity contribution < 1.29 is 22.0 Å². The molecule has 1 heterocycles. The van der Waals surface area contributed by atoms with Crippen LogP contribution in [0.3, 0.4) is 0 Å². The molecule has 0 bridgehead atoms. The van der Waals surface area contributed by atoms with Crippen molar-refractivity contribution >= 4 is 33.2 Å². The van der Waals surface area contributed by atoms with Gasteiger partial charge in [0.2, 0.25) is 15.9 Å². The number of carbonyl (C=O) groups excluding carboxylic acids is 1. The van der Waals surface area contributed by atoms with E-state index in [4.69, 9.17) is 11.6 Å². The predicted octanol–water partition coefficient (Wildman–Crippen LogP) is 4.19. The molecule has 1 saturated heterocycles. The highest BCUT2D eigenvalue weighted by Crippen LogP contribution is 2.28. The van der Waals surface area contributed by atoms with E-state index < -0.39 is 33.6 Å². The highest BCUT2D eigenvalue weighted by molar-refractivity contribution is 7.89. The van der Waals surface area contributed by atoms with Gasteiger partial charge in [0.05, 0.1) is 4.90 Å². The lowest BCUT2D eigenvalue weighted by Crippen LogP contribution is -2.45. The third-order valence-corrected chi connectivity index (χ3v) is 6.84. The highest BCUT2D eigenvalue weighted by atomic mass is 35.5. The summed E-state index contributed by atoms with van der Waals surface area (Å²) in [6.07, 6.45) is 1.97. The predicted molar refractivity (Wildman–Crippen MR) is 103 cm³/mol. The van der Waals surface area contributed by atoms with E-state index in [9.17, 15) is 22.0 Å². The van der Waals surface area contributed by atoms with E-state index in [0.29, 0.717) is 24.4 Å². The largest absolute Gasteiger partial charge is 0.326 e. The fourth-order valence-electron chi connectivity index (χ4n) is 3.24.